The van der Waals surface area contributed by atoms with Gasteiger partial charge in [-0.25, -0.2) is 0 Å². The van der Waals surface area contributed by atoms with E-state index in [-0.39, 0.29) is 11.7 Å². The molecule has 158 valence electrons. The summed E-state index contributed by atoms with van der Waals surface area (Å²) in [6, 6.07) is 12.6. The van der Waals surface area contributed by atoms with Gasteiger partial charge in [-0.05, 0) is 42.5 Å². The summed E-state index contributed by atoms with van der Waals surface area (Å²) in [5, 5.41) is 13.7. The predicted octanol–water partition coefficient (Wildman–Crippen LogP) is 6.68. The van der Waals surface area contributed by atoms with Crippen molar-refractivity contribution in [3.63, 3.8) is 0 Å². The second-order valence-corrected chi connectivity index (χ2v) is 9.22. The van der Waals surface area contributed by atoms with Crippen molar-refractivity contribution >= 4 is 73.5 Å². The number of amides is 1. The zero-order valence-corrected chi connectivity index (χ0v) is 19.9. The number of fused-ring (bicyclic) bond motifs is 1. The summed E-state index contributed by atoms with van der Waals surface area (Å²) < 4.78 is 8.76. The Kier molecular flexibility index (Phi) is 6.71. The quantitative estimate of drug-likeness (QED) is 0.210. The van der Waals surface area contributed by atoms with Crippen LogP contribution < -0.4 is 5.32 Å². The molecule has 1 amide bonds. The lowest BCUT2D eigenvalue weighted by atomic mass is 10.2. The number of furan rings is 1. The van der Waals surface area contributed by atoms with Gasteiger partial charge < -0.3 is 9.73 Å². The molecular weight excluding hydrogens is 523 g/mol. The van der Waals surface area contributed by atoms with Crippen LogP contribution in [0.25, 0.3) is 22.6 Å². The number of benzene rings is 2. The first-order chi connectivity index (χ1) is 14.9. The highest BCUT2D eigenvalue weighted by Crippen LogP contribution is 2.31. The van der Waals surface area contributed by atoms with Gasteiger partial charge in [-0.1, -0.05) is 57.0 Å². The van der Waals surface area contributed by atoms with Crippen LogP contribution in [-0.2, 0) is 11.3 Å². The smallest absolute Gasteiger partial charge is 0.234 e. The van der Waals surface area contributed by atoms with Crippen LogP contribution in [0.4, 0.5) is 5.69 Å². The molecule has 0 saturated carbocycles. The minimum Gasteiger partial charge on any atom is -0.453 e. The van der Waals surface area contributed by atoms with Gasteiger partial charge >= 0.3 is 0 Å². The molecule has 6 nitrogen and oxygen atoms in total. The van der Waals surface area contributed by atoms with E-state index in [9.17, 15) is 4.79 Å². The fourth-order valence-corrected chi connectivity index (χ4v) is 4.60. The molecule has 0 atom stereocenters. The average molecular weight is 538 g/mol. The second-order valence-electron chi connectivity index (χ2n) is 6.49. The highest BCUT2D eigenvalue weighted by atomic mass is 79.9. The van der Waals surface area contributed by atoms with Gasteiger partial charge in [0.05, 0.1) is 5.75 Å². The normalized spacial score (nSPS) is 11.1. The summed E-state index contributed by atoms with van der Waals surface area (Å²) >= 11 is 16.7. The Morgan fingerprint density at radius 3 is 2.71 bits per heavy atom. The third-order valence-electron chi connectivity index (χ3n) is 4.21. The molecule has 0 bridgehead atoms. The Morgan fingerprint density at radius 1 is 1.19 bits per heavy atom. The van der Waals surface area contributed by atoms with Crippen molar-refractivity contribution in [3.8, 4) is 11.6 Å². The summed E-state index contributed by atoms with van der Waals surface area (Å²) in [5.41, 5.74) is 1.28. The number of anilines is 1. The zero-order valence-electron chi connectivity index (χ0n) is 15.9. The first kappa shape index (κ1) is 22.0. The van der Waals surface area contributed by atoms with Crippen molar-refractivity contribution in [2.24, 2.45) is 0 Å². The van der Waals surface area contributed by atoms with Gasteiger partial charge in [0.2, 0.25) is 11.7 Å². The Labute approximate surface area is 200 Å². The van der Waals surface area contributed by atoms with E-state index in [1.807, 2.05) is 28.8 Å². The number of allylic oxidation sites excluding steroid dienone is 1. The van der Waals surface area contributed by atoms with Gasteiger partial charge in [0.1, 0.15) is 5.58 Å². The van der Waals surface area contributed by atoms with Crippen LogP contribution >= 0.6 is 50.9 Å². The Bertz CT molecular complexity index is 1270. The van der Waals surface area contributed by atoms with Gasteiger partial charge in [-0.15, -0.1) is 16.8 Å². The van der Waals surface area contributed by atoms with E-state index in [2.05, 4.69) is 38.0 Å². The lowest BCUT2D eigenvalue weighted by Gasteiger charge is -2.08. The fraction of sp³-hybridized carbons (Fsp3) is 0.0952. The van der Waals surface area contributed by atoms with E-state index < -0.39 is 0 Å². The number of hydrogen-bond donors (Lipinski definition) is 1. The number of rotatable bonds is 7. The highest BCUT2D eigenvalue weighted by Gasteiger charge is 2.18. The van der Waals surface area contributed by atoms with Crippen LogP contribution in [0.15, 0.2) is 69.2 Å². The Balaban J connectivity index is 1.52. The van der Waals surface area contributed by atoms with Crippen LogP contribution in [0.2, 0.25) is 10.0 Å². The number of thioether (sulfide) groups is 1. The minimum atomic E-state index is -0.216. The molecule has 0 fully saturated rings. The molecule has 0 unspecified atom stereocenters. The summed E-state index contributed by atoms with van der Waals surface area (Å²) in [5.74, 6) is 1.07. The molecule has 0 aliphatic heterocycles. The summed E-state index contributed by atoms with van der Waals surface area (Å²) in [4.78, 5) is 12.4. The van der Waals surface area contributed by atoms with Crippen molar-refractivity contribution in [1.29, 1.82) is 0 Å². The first-order valence-corrected chi connectivity index (χ1v) is 11.6. The first-order valence-electron chi connectivity index (χ1n) is 9.05. The standard InChI is InChI=1S/C21H15BrCl2N4O2S/c1-2-5-28-20(18-7-12-6-13(22)3-4-17(12)30-18)26-27-21(28)31-11-19(29)25-16-9-14(23)8-15(24)10-16/h2-4,6-10H,1,5,11H2,(H,25,29). The summed E-state index contributed by atoms with van der Waals surface area (Å²) in [6.07, 6.45) is 1.74. The predicted molar refractivity (Wildman–Crippen MR) is 129 cm³/mol. The van der Waals surface area contributed by atoms with Gasteiger partial charge in [-0.2, -0.15) is 0 Å². The SMILES string of the molecule is C=CCn1c(SCC(=O)Nc2cc(Cl)cc(Cl)c2)nnc1-c1cc2cc(Br)ccc2o1. The van der Waals surface area contributed by atoms with Crippen LogP contribution in [-0.4, -0.2) is 26.4 Å². The molecule has 4 aromatic rings. The molecule has 0 saturated heterocycles. The fourth-order valence-electron chi connectivity index (χ4n) is 2.95. The summed E-state index contributed by atoms with van der Waals surface area (Å²) in [6.45, 7) is 4.28. The molecule has 0 radical (unpaired) electrons. The molecule has 2 heterocycles. The molecule has 4 rings (SSSR count). The molecule has 31 heavy (non-hydrogen) atoms. The monoisotopic (exact) mass is 536 g/mol. The van der Waals surface area contributed by atoms with Gasteiger partial charge in [0, 0.05) is 32.1 Å². The number of carbonyl (C=O) groups excluding carboxylic acids is 1. The highest BCUT2D eigenvalue weighted by molar-refractivity contribution is 9.10. The maximum atomic E-state index is 12.4. The molecule has 0 aliphatic carbocycles. The maximum absolute atomic E-state index is 12.4. The van der Waals surface area contributed by atoms with Gasteiger partial charge in [0.15, 0.2) is 10.9 Å². The second kappa shape index (κ2) is 9.48. The maximum Gasteiger partial charge on any atom is 0.234 e. The minimum absolute atomic E-state index is 0.131. The van der Waals surface area contributed by atoms with Crippen LogP contribution in [0.5, 0.6) is 0 Å². The van der Waals surface area contributed by atoms with E-state index >= 15 is 0 Å². The topological polar surface area (TPSA) is 73.0 Å². The Hall–Kier alpha value is -2.26. The van der Waals surface area contributed by atoms with E-state index in [0.29, 0.717) is 39.0 Å². The number of carbonyl (C=O) groups is 1. The number of nitrogens with zero attached hydrogens (tertiary/aromatic N) is 3. The van der Waals surface area contributed by atoms with E-state index in [1.165, 1.54) is 11.8 Å². The van der Waals surface area contributed by atoms with Crippen molar-refractivity contribution < 1.29 is 9.21 Å². The van der Waals surface area contributed by atoms with Gasteiger partial charge in [0.25, 0.3) is 0 Å². The zero-order chi connectivity index (χ0) is 22.0. The number of hydrogen-bond acceptors (Lipinski definition) is 5. The van der Waals surface area contributed by atoms with Crippen LogP contribution in [0, 0.1) is 0 Å². The van der Waals surface area contributed by atoms with E-state index in [0.717, 1.165) is 15.4 Å². The van der Waals surface area contributed by atoms with E-state index in [4.69, 9.17) is 27.6 Å². The lowest BCUT2D eigenvalue weighted by molar-refractivity contribution is -0.113. The molecule has 0 aliphatic rings. The van der Waals surface area contributed by atoms with Crippen molar-refractivity contribution in [2.75, 3.05) is 11.1 Å². The summed E-state index contributed by atoms with van der Waals surface area (Å²) in [7, 11) is 0. The lowest BCUT2D eigenvalue weighted by Crippen LogP contribution is -2.14. The third kappa shape index (κ3) is 5.15. The average Bonchev–Trinajstić information content (AvgIpc) is 3.29. The van der Waals surface area contributed by atoms with Gasteiger partial charge in [-0.3, -0.25) is 9.36 Å². The van der Waals surface area contributed by atoms with Crippen molar-refractivity contribution in [1.82, 2.24) is 14.8 Å². The van der Waals surface area contributed by atoms with E-state index in [1.54, 1.807) is 24.3 Å². The third-order valence-corrected chi connectivity index (χ3v) is 6.10. The number of halogens is 3. The number of aromatic nitrogens is 3. The van der Waals surface area contributed by atoms with Crippen LogP contribution in [0.3, 0.4) is 0 Å². The largest absolute Gasteiger partial charge is 0.453 e. The van der Waals surface area contributed by atoms with Crippen molar-refractivity contribution in [2.45, 2.75) is 11.7 Å². The van der Waals surface area contributed by atoms with Crippen LogP contribution in [0.1, 0.15) is 0 Å². The molecule has 2 aromatic heterocycles. The molecule has 10 heteroatoms. The number of nitrogens with one attached hydrogen (secondary N) is 1. The molecular formula is C21H15BrCl2N4O2S. The van der Waals surface area contributed by atoms with Crippen molar-refractivity contribution in [3.05, 3.63) is 69.6 Å². The molecule has 2 aromatic carbocycles. The molecule has 1 N–H and O–H groups in total. The Morgan fingerprint density at radius 2 is 1.97 bits per heavy atom. The molecule has 0 spiro atoms.